The molecule has 2 heteroatoms. The number of benzene rings is 12. The highest BCUT2D eigenvalue weighted by Gasteiger charge is 2.27. The standard InChI is InChI=1S/C68H50N2/c1-68(2,3)53-42-52(47-32-30-46(31-33-47)45-18-7-4-8-19-45)43-54(44-53)69(67-55(48-20-9-5-10-21-48)26-17-27-56(67)49-22-11-6-12-23-49)63-40-36-50-35-39-60-64(41-37-51-34-38-59(63)65(50)66(51)60)70-61-28-15-13-24-57(61)58-25-14-16-29-62(58)70/h4-44H,1-3H3. The van der Waals surface area contributed by atoms with Crippen LogP contribution in [0.1, 0.15) is 26.3 Å². The third-order valence-electron chi connectivity index (χ3n) is 14.5. The SMILES string of the molecule is CC(C)(C)c1cc(-c2ccc(-c3ccccc3)cc2)cc(N(c2c(-c3ccccc3)cccc2-c2ccccc2)c2ccc3ccc4c(-n5c6ccccc6c6ccccc65)ccc5ccc2c3c54)c1. The quantitative estimate of drug-likeness (QED) is 0.138. The zero-order valence-electron chi connectivity index (χ0n) is 39.6. The Labute approximate surface area is 409 Å². The summed E-state index contributed by atoms with van der Waals surface area (Å²) in [5.41, 5.74) is 17.5. The van der Waals surface area contributed by atoms with Crippen LogP contribution in [0.4, 0.5) is 17.1 Å². The Bertz CT molecular complexity index is 3950. The topological polar surface area (TPSA) is 8.17 Å². The Hall–Kier alpha value is -8.72. The van der Waals surface area contributed by atoms with Crippen molar-refractivity contribution in [3.63, 3.8) is 0 Å². The van der Waals surface area contributed by atoms with Crippen molar-refractivity contribution in [3.8, 4) is 50.2 Å². The van der Waals surface area contributed by atoms with Crippen LogP contribution in [0.3, 0.4) is 0 Å². The molecule has 1 heterocycles. The molecule has 332 valence electrons. The molecule has 0 unspecified atom stereocenters. The maximum Gasteiger partial charge on any atom is 0.0618 e. The normalized spacial score (nSPS) is 11.9. The van der Waals surface area contributed by atoms with Gasteiger partial charge in [-0.3, -0.25) is 0 Å². The lowest BCUT2D eigenvalue weighted by molar-refractivity contribution is 0.590. The van der Waals surface area contributed by atoms with Gasteiger partial charge in [0.25, 0.3) is 0 Å². The van der Waals surface area contributed by atoms with E-state index in [0.717, 1.165) is 39.3 Å². The molecule has 0 fully saturated rings. The first-order chi connectivity index (χ1) is 34.4. The zero-order chi connectivity index (χ0) is 46.9. The lowest BCUT2D eigenvalue weighted by Gasteiger charge is -2.33. The Morgan fingerprint density at radius 1 is 0.343 bits per heavy atom. The van der Waals surface area contributed by atoms with E-state index in [9.17, 15) is 0 Å². The zero-order valence-corrected chi connectivity index (χ0v) is 39.6. The molecule has 0 atom stereocenters. The van der Waals surface area contributed by atoms with E-state index in [0.29, 0.717) is 0 Å². The van der Waals surface area contributed by atoms with Gasteiger partial charge in [0.2, 0.25) is 0 Å². The van der Waals surface area contributed by atoms with E-state index in [-0.39, 0.29) is 5.41 Å². The first-order valence-corrected chi connectivity index (χ1v) is 24.4. The van der Waals surface area contributed by atoms with Gasteiger partial charge in [-0.1, -0.05) is 233 Å². The number of nitrogens with zero attached hydrogens (tertiary/aromatic N) is 2. The van der Waals surface area contributed by atoms with Crippen LogP contribution in [0.15, 0.2) is 249 Å². The average Bonchev–Trinajstić information content (AvgIpc) is 3.75. The molecule has 0 bridgehead atoms. The first-order valence-electron chi connectivity index (χ1n) is 24.4. The van der Waals surface area contributed by atoms with Crippen LogP contribution in [0, 0.1) is 0 Å². The molecule has 0 saturated heterocycles. The predicted molar refractivity (Wildman–Crippen MR) is 300 cm³/mol. The maximum atomic E-state index is 2.58. The summed E-state index contributed by atoms with van der Waals surface area (Å²) in [6.45, 7) is 6.99. The third kappa shape index (κ3) is 6.86. The number of hydrogen-bond donors (Lipinski definition) is 0. The van der Waals surface area contributed by atoms with Crippen LogP contribution in [0.2, 0.25) is 0 Å². The molecule has 13 rings (SSSR count). The highest BCUT2D eigenvalue weighted by Crippen LogP contribution is 2.51. The summed E-state index contributed by atoms with van der Waals surface area (Å²) < 4.78 is 2.47. The van der Waals surface area contributed by atoms with Crippen molar-refractivity contribution in [1.29, 1.82) is 0 Å². The lowest BCUT2D eigenvalue weighted by atomic mass is 9.84. The highest BCUT2D eigenvalue weighted by atomic mass is 15.1. The van der Waals surface area contributed by atoms with Gasteiger partial charge in [-0.2, -0.15) is 0 Å². The summed E-state index contributed by atoms with van der Waals surface area (Å²) in [6, 6.07) is 92.1. The minimum Gasteiger partial charge on any atom is -0.309 e. The molecule has 0 spiro atoms. The number of aromatic nitrogens is 1. The van der Waals surface area contributed by atoms with E-state index in [1.54, 1.807) is 0 Å². The van der Waals surface area contributed by atoms with Gasteiger partial charge in [-0.25, -0.2) is 0 Å². The monoisotopic (exact) mass is 894 g/mol. The Balaban J connectivity index is 1.12. The molecule has 12 aromatic carbocycles. The van der Waals surface area contributed by atoms with Crippen LogP contribution < -0.4 is 4.90 Å². The van der Waals surface area contributed by atoms with Crippen molar-refractivity contribution in [2.24, 2.45) is 0 Å². The van der Waals surface area contributed by atoms with E-state index in [2.05, 4.69) is 279 Å². The number of fused-ring (bicyclic) bond motifs is 3. The van der Waals surface area contributed by atoms with Crippen LogP contribution in [-0.4, -0.2) is 4.57 Å². The number of para-hydroxylation sites is 3. The van der Waals surface area contributed by atoms with Gasteiger partial charge in [0, 0.05) is 38.4 Å². The summed E-state index contributed by atoms with van der Waals surface area (Å²) in [5.74, 6) is 0. The minimum atomic E-state index is -0.145. The molecule has 13 aromatic rings. The summed E-state index contributed by atoms with van der Waals surface area (Å²) in [7, 11) is 0. The van der Waals surface area contributed by atoms with Crippen molar-refractivity contribution in [3.05, 3.63) is 254 Å². The van der Waals surface area contributed by atoms with E-state index in [4.69, 9.17) is 0 Å². The second-order valence-corrected chi connectivity index (χ2v) is 19.7. The Kier molecular flexibility index (Phi) is 9.78. The van der Waals surface area contributed by atoms with Gasteiger partial charge < -0.3 is 9.47 Å². The van der Waals surface area contributed by atoms with Crippen LogP contribution in [0.5, 0.6) is 0 Å². The van der Waals surface area contributed by atoms with Gasteiger partial charge in [0.1, 0.15) is 0 Å². The van der Waals surface area contributed by atoms with Crippen molar-refractivity contribution in [2.75, 3.05) is 4.90 Å². The van der Waals surface area contributed by atoms with Gasteiger partial charge in [0.15, 0.2) is 0 Å². The molecule has 0 amide bonds. The smallest absolute Gasteiger partial charge is 0.0618 e. The Morgan fingerprint density at radius 2 is 0.814 bits per heavy atom. The van der Waals surface area contributed by atoms with E-state index in [1.165, 1.54) is 87.6 Å². The van der Waals surface area contributed by atoms with Gasteiger partial charge in [0.05, 0.1) is 28.1 Å². The molecular weight excluding hydrogens is 845 g/mol. The largest absolute Gasteiger partial charge is 0.309 e. The fourth-order valence-corrected chi connectivity index (χ4v) is 11.0. The third-order valence-corrected chi connectivity index (χ3v) is 14.5. The van der Waals surface area contributed by atoms with Gasteiger partial charge in [-0.05, 0) is 102 Å². The minimum absolute atomic E-state index is 0.145. The van der Waals surface area contributed by atoms with Crippen molar-refractivity contribution in [1.82, 2.24) is 4.57 Å². The van der Waals surface area contributed by atoms with Crippen molar-refractivity contribution >= 4 is 71.2 Å². The molecule has 70 heavy (non-hydrogen) atoms. The highest BCUT2D eigenvalue weighted by molar-refractivity contribution is 6.28. The predicted octanol–water partition coefficient (Wildman–Crippen LogP) is 19.1. The molecule has 0 saturated carbocycles. The molecular formula is C68H50N2. The van der Waals surface area contributed by atoms with Gasteiger partial charge in [-0.15, -0.1) is 0 Å². The number of hydrogen-bond acceptors (Lipinski definition) is 1. The molecule has 0 radical (unpaired) electrons. The Morgan fingerprint density at radius 3 is 1.40 bits per heavy atom. The van der Waals surface area contributed by atoms with Crippen LogP contribution >= 0.6 is 0 Å². The second kappa shape index (κ2) is 16.5. The van der Waals surface area contributed by atoms with E-state index >= 15 is 0 Å². The fourth-order valence-electron chi connectivity index (χ4n) is 11.0. The van der Waals surface area contributed by atoms with E-state index < -0.39 is 0 Å². The number of anilines is 3. The molecule has 0 aliphatic carbocycles. The first kappa shape index (κ1) is 41.5. The molecule has 0 N–H and O–H groups in total. The summed E-state index contributed by atoms with van der Waals surface area (Å²) in [4.78, 5) is 2.58. The molecule has 0 aliphatic heterocycles. The summed E-state index contributed by atoms with van der Waals surface area (Å²) in [5, 5.41) is 9.95. The van der Waals surface area contributed by atoms with Crippen LogP contribution in [-0.2, 0) is 5.41 Å². The second-order valence-electron chi connectivity index (χ2n) is 19.7. The molecule has 1 aromatic heterocycles. The van der Waals surface area contributed by atoms with Crippen molar-refractivity contribution < 1.29 is 0 Å². The summed E-state index contributed by atoms with van der Waals surface area (Å²) in [6.07, 6.45) is 0. The van der Waals surface area contributed by atoms with Gasteiger partial charge >= 0.3 is 0 Å². The fraction of sp³-hybridized carbons (Fsp3) is 0.0588. The van der Waals surface area contributed by atoms with E-state index in [1.807, 2.05) is 0 Å². The lowest BCUT2D eigenvalue weighted by Crippen LogP contribution is -2.16. The van der Waals surface area contributed by atoms with Crippen molar-refractivity contribution in [2.45, 2.75) is 26.2 Å². The average molecular weight is 895 g/mol. The van der Waals surface area contributed by atoms with Crippen LogP contribution in [0.25, 0.3) is 104 Å². The molecule has 2 nitrogen and oxygen atoms in total. The number of rotatable bonds is 8. The maximum absolute atomic E-state index is 2.58. The summed E-state index contributed by atoms with van der Waals surface area (Å²) >= 11 is 0. The molecule has 0 aliphatic rings.